The van der Waals surface area contributed by atoms with Crippen molar-refractivity contribution >= 4 is 5.91 Å². The van der Waals surface area contributed by atoms with E-state index in [0.717, 1.165) is 25.9 Å². The molecular weight excluding hydrogens is 256 g/mol. The summed E-state index contributed by atoms with van der Waals surface area (Å²) < 4.78 is 10.8. The molecule has 1 amide bonds. The van der Waals surface area contributed by atoms with E-state index in [1.54, 1.807) is 14.2 Å². The zero-order valence-corrected chi connectivity index (χ0v) is 12.1. The summed E-state index contributed by atoms with van der Waals surface area (Å²) in [4.78, 5) is 11.2. The van der Waals surface area contributed by atoms with Gasteiger partial charge in [-0.1, -0.05) is 6.07 Å². The van der Waals surface area contributed by atoms with Crippen LogP contribution in [0.1, 0.15) is 24.3 Å². The number of carbonyl (C=O) groups is 1. The Bertz CT molecular complexity index is 456. The van der Waals surface area contributed by atoms with Gasteiger partial charge in [-0.3, -0.25) is 4.79 Å². The highest BCUT2D eigenvalue weighted by Crippen LogP contribution is 2.33. The summed E-state index contributed by atoms with van der Waals surface area (Å²) in [5.41, 5.74) is 1.27. The highest BCUT2D eigenvalue weighted by Gasteiger charge is 2.17. The summed E-state index contributed by atoms with van der Waals surface area (Å²) in [5.74, 6) is 1.70. The Kier molecular flexibility index (Phi) is 5.24. The van der Waals surface area contributed by atoms with Gasteiger partial charge >= 0.3 is 0 Å². The number of nitrogens with one attached hydrogen (secondary N) is 2. The molecule has 1 aromatic rings. The summed E-state index contributed by atoms with van der Waals surface area (Å²) in [5, 5.41) is 5.89. The molecule has 1 aliphatic heterocycles. The molecule has 2 N–H and O–H groups in total. The second-order valence-corrected chi connectivity index (χ2v) is 4.90. The van der Waals surface area contributed by atoms with Gasteiger partial charge in [-0.25, -0.2) is 0 Å². The van der Waals surface area contributed by atoms with E-state index in [0.29, 0.717) is 17.4 Å². The van der Waals surface area contributed by atoms with Crippen molar-refractivity contribution in [1.29, 1.82) is 0 Å². The SMILES string of the molecule is CNC(=O)COc1ccc(C2CCNCC2)cc1OC. The van der Waals surface area contributed by atoms with Crippen LogP contribution in [0.25, 0.3) is 0 Å². The second-order valence-electron chi connectivity index (χ2n) is 4.90. The van der Waals surface area contributed by atoms with Gasteiger partial charge in [-0.15, -0.1) is 0 Å². The van der Waals surface area contributed by atoms with Crippen LogP contribution >= 0.6 is 0 Å². The van der Waals surface area contributed by atoms with Crippen LogP contribution < -0.4 is 20.1 Å². The van der Waals surface area contributed by atoms with Gasteiger partial charge in [-0.05, 0) is 49.5 Å². The summed E-state index contributed by atoms with van der Waals surface area (Å²) in [7, 11) is 3.21. The monoisotopic (exact) mass is 278 g/mol. The van der Waals surface area contributed by atoms with Gasteiger partial charge < -0.3 is 20.1 Å². The van der Waals surface area contributed by atoms with Crippen LogP contribution in [0.2, 0.25) is 0 Å². The molecule has 5 heteroatoms. The third-order valence-corrected chi connectivity index (χ3v) is 3.64. The van der Waals surface area contributed by atoms with Crippen LogP contribution in [-0.2, 0) is 4.79 Å². The van der Waals surface area contributed by atoms with Crippen LogP contribution in [-0.4, -0.2) is 39.8 Å². The Balaban J connectivity index is 2.08. The molecule has 1 heterocycles. The molecule has 5 nitrogen and oxygen atoms in total. The predicted octanol–water partition coefficient (Wildman–Crippen LogP) is 1.29. The molecule has 20 heavy (non-hydrogen) atoms. The Hall–Kier alpha value is -1.75. The molecule has 2 rings (SSSR count). The lowest BCUT2D eigenvalue weighted by Gasteiger charge is -2.23. The minimum absolute atomic E-state index is 0.000441. The standard InChI is InChI=1S/C15H22N2O3/c1-16-15(18)10-20-13-4-3-12(9-14(13)19-2)11-5-7-17-8-6-11/h3-4,9,11,17H,5-8,10H2,1-2H3,(H,16,18). The maximum atomic E-state index is 11.2. The summed E-state index contributed by atoms with van der Waals surface area (Å²) >= 11 is 0. The van der Waals surface area contributed by atoms with E-state index in [2.05, 4.69) is 16.7 Å². The van der Waals surface area contributed by atoms with E-state index in [9.17, 15) is 4.79 Å². The van der Waals surface area contributed by atoms with E-state index in [1.807, 2.05) is 12.1 Å². The molecule has 0 spiro atoms. The quantitative estimate of drug-likeness (QED) is 0.852. The maximum Gasteiger partial charge on any atom is 0.257 e. The zero-order chi connectivity index (χ0) is 14.4. The minimum atomic E-state index is -0.158. The van der Waals surface area contributed by atoms with Crippen molar-refractivity contribution in [3.05, 3.63) is 23.8 Å². The molecule has 0 atom stereocenters. The molecular formula is C15H22N2O3. The zero-order valence-electron chi connectivity index (χ0n) is 12.1. The number of piperidine rings is 1. The van der Waals surface area contributed by atoms with Crippen molar-refractivity contribution < 1.29 is 14.3 Å². The lowest BCUT2D eigenvalue weighted by molar-refractivity contribution is -0.122. The second kappa shape index (κ2) is 7.14. The van der Waals surface area contributed by atoms with E-state index in [1.165, 1.54) is 5.56 Å². The normalized spacial score (nSPS) is 15.7. The molecule has 0 saturated carbocycles. The number of likely N-dealkylation sites (N-methyl/N-ethyl adjacent to an activating group) is 1. The number of ether oxygens (including phenoxy) is 2. The van der Waals surface area contributed by atoms with Crippen LogP contribution in [0, 0.1) is 0 Å². The molecule has 0 aromatic heterocycles. The average Bonchev–Trinajstić information content (AvgIpc) is 2.53. The molecule has 110 valence electrons. The van der Waals surface area contributed by atoms with Crippen molar-refractivity contribution in [3.63, 3.8) is 0 Å². The fourth-order valence-electron chi connectivity index (χ4n) is 2.43. The molecule has 1 saturated heterocycles. The first-order valence-electron chi connectivity index (χ1n) is 6.96. The summed E-state index contributed by atoms with van der Waals surface area (Å²) in [6.07, 6.45) is 2.28. The Morgan fingerprint density at radius 1 is 1.35 bits per heavy atom. The maximum absolute atomic E-state index is 11.2. The van der Waals surface area contributed by atoms with Crippen LogP contribution in [0.5, 0.6) is 11.5 Å². The van der Waals surface area contributed by atoms with Crippen molar-refractivity contribution in [3.8, 4) is 11.5 Å². The number of carbonyl (C=O) groups excluding carboxylic acids is 1. The van der Waals surface area contributed by atoms with Crippen LogP contribution in [0.3, 0.4) is 0 Å². The molecule has 0 unspecified atom stereocenters. The average molecular weight is 278 g/mol. The number of amides is 1. The number of hydrogen-bond donors (Lipinski definition) is 2. The minimum Gasteiger partial charge on any atom is -0.493 e. The van der Waals surface area contributed by atoms with Crippen molar-refractivity contribution in [2.75, 3.05) is 33.9 Å². The van der Waals surface area contributed by atoms with Crippen molar-refractivity contribution in [2.45, 2.75) is 18.8 Å². The van der Waals surface area contributed by atoms with Crippen LogP contribution in [0.15, 0.2) is 18.2 Å². The van der Waals surface area contributed by atoms with E-state index < -0.39 is 0 Å². The molecule has 0 radical (unpaired) electrons. The number of benzene rings is 1. The first-order valence-corrected chi connectivity index (χ1v) is 6.96. The Morgan fingerprint density at radius 3 is 2.75 bits per heavy atom. The first kappa shape index (κ1) is 14.7. The van der Waals surface area contributed by atoms with Gasteiger partial charge in [0.05, 0.1) is 7.11 Å². The van der Waals surface area contributed by atoms with E-state index >= 15 is 0 Å². The molecule has 1 aromatic carbocycles. The van der Waals surface area contributed by atoms with Gasteiger partial charge in [0.2, 0.25) is 0 Å². The lowest BCUT2D eigenvalue weighted by Crippen LogP contribution is -2.26. The Labute approximate surface area is 119 Å². The van der Waals surface area contributed by atoms with Crippen molar-refractivity contribution in [1.82, 2.24) is 10.6 Å². The Morgan fingerprint density at radius 2 is 2.10 bits per heavy atom. The number of methoxy groups -OCH3 is 1. The van der Waals surface area contributed by atoms with Crippen molar-refractivity contribution in [2.24, 2.45) is 0 Å². The van der Waals surface area contributed by atoms with Crippen LogP contribution in [0.4, 0.5) is 0 Å². The third-order valence-electron chi connectivity index (χ3n) is 3.64. The van der Waals surface area contributed by atoms with E-state index in [4.69, 9.17) is 9.47 Å². The fourth-order valence-corrected chi connectivity index (χ4v) is 2.43. The predicted molar refractivity (Wildman–Crippen MR) is 77.4 cm³/mol. The topological polar surface area (TPSA) is 59.6 Å². The van der Waals surface area contributed by atoms with Gasteiger partial charge in [0, 0.05) is 7.05 Å². The molecule has 1 aliphatic rings. The highest BCUT2D eigenvalue weighted by atomic mass is 16.5. The smallest absolute Gasteiger partial charge is 0.257 e. The largest absolute Gasteiger partial charge is 0.493 e. The molecule has 1 fully saturated rings. The fraction of sp³-hybridized carbons (Fsp3) is 0.533. The van der Waals surface area contributed by atoms with Gasteiger partial charge in [0.1, 0.15) is 0 Å². The van der Waals surface area contributed by atoms with Gasteiger partial charge in [0.25, 0.3) is 5.91 Å². The number of rotatable bonds is 5. The van der Waals surface area contributed by atoms with Gasteiger partial charge in [-0.2, -0.15) is 0 Å². The van der Waals surface area contributed by atoms with Gasteiger partial charge in [0.15, 0.2) is 18.1 Å². The summed E-state index contributed by atoms with van der Waals surface area (Å²) in [6.45, 7) is 2.11. The summed E-state index contributed by atoms with van der Waals surface area (Å²) in [6, 6.07) is 5.98. The molecule has 0 bridgehead atoms. The third kappa shape index (κ3) is 3.63. The molecule has 0 aliphatic carbocycles. The highest BCUT2D eigenvalue weighted by molar-refractivity contribution is 5.77. The van der Waals surface area contributed by atoms with E-state index in [-0.39, 0.29) is 12.5 Å². The first-order chi connectivity index (χ1) is 9.74. The lowest BCUT2D eigenvalue weighted by atomic mass is 9.90. The number of hydrogen-bond acceptors (Lipinski definition) is 4.